The van der Waals surface area contributed by atoms with E-state index < -0.39 is 21.0 Å². The predicted octanol–water partition coefficient (Wildman–Crippen LogP) is 3.80. The maximum atomic E-state index is 13.3. The van der Waals surface area contributed by atoms with Crippen LogP contribution in [0, 0.1) is 12.8 Å². The second-order valence-electron chi connectivity index (χ2n) is 9.82. The van der Waals surface area contributed by atoms with Crippen LogP contribution in [0.25, 0.3) is 0 Å². The quantitative estimate of drug-likeness (QED) is 0.693. The molecule has 2 aromatic rings. The Morgan fingerprint density at radius 1 is 1.24 bits per heavy atom. The number of carbonyl (C=O) groups excluding carboxylic acids is 1. The van der Waals surface area contributed by atoms with E-state index in [-0.39, 0.29) is 16.1 Å². The Hall–Kier alpha value is -2.26. The lowest BCUT2D eigenvalue weighted by atomic mass is 9.75. The van der Waals surface area contributed by atoms with Crippen molar-refractivity contribution in [3.05, 3.63) is 39.9 Å². The lowest BCUT2D eigenvalue weighted by Crippen LogP contribution is -2.38. The molecular weight excluding hydrogens is 462 g/mol. The van der Waals surface area contributed by atoms with Gasteiger partial charge < -0.3 is 4.90 Å². The van der Waals surface area contributed by atoms with Gasteiger partial charge >= 0.3 is 0 Å². The number of amides is 1. The smallest absolute Gasteiger partial charge is 0.284 e. The third-order valence-electron chi connectivity index (χ3n) is 6.60. The summed E-state index contributed by atoms with van der Waals surface area (Å²) < 4.78 is 28.0. The van der Waals surface area contributed by atoms with Crippen molar-refractivity contribution in [2.45, 2.75) is 70.2 Å². The van der Waals surface area contributed by atoms with Gasteiger partial charge in [-0.2, -0.15) is 8.42 Å². The number of aryl methyl sites for hydroxylation is 2. The van der Waals surface area contributed by atoms with Crippen molar-refractivity contribution in [1.29, 1.82) is 0 Å². The van der Waals surface area contributed by atoms with Gasteiger partial charge in [-0.05, 0) is 56.6 Å². The number of fused-ring (bicyclic) bond motifs is 1. The molecule has 1 amide bonds. The first kappa shape index (κ1) is 23.9. The second kappa shape index (κ2) is 8.83. The molecule has 1 fully saturated rings. The van der Waals surface area contributed by atoms with Crippen molar-refractivity contribution >= 4 is 33.3 Å². The van der Waals surface area contributed by atoms with E-state index in [9.17, 15) is 13.2 Å². The van der Waals surface area contributed by atoms with E-state index in [1.54, 1.807) is 6.92 Å². The number of anilines is 1. The normalized spacial score (nSPS) is 18.6. The number of sulfonamides is 1. The first-order valence-corrected chi connectivity index (χ1v) is 13.2. The molecule has 0 atom stereocenters. The molecule has 1 aliphatic heterocycles. The van der Waals surface area contributed by atoms with Gasteiger partial charge in [0.2, 0.25) is 5.03 Å². The largest absolute Gasteiger partial charge is 0.356 e. The molecule has 1 saturated heterocycles. The molecule has 0 aromatic carbocycles. The minimum atomic E-state index is -4.31. The maximum absolute atomic E-state index is 13.3. The van der Waals surface area contributed by atoms with Crippen molar-refractivity contribution in [3.8, 4) is 0 Å². The van der Waals surface area contributed by atoms with Crippen LogP contribution in [0.5, 0.6) is 0 Å². The van der Waals surface area contributed by atoms with Crippen molar-refractivity contribution < 1.29 is 13.2 Å². The molecule has 1 aliphatic carbocycles. The fourth-order valence-corrected chi connectivity index (χ4v) is 6.03. The van der Waals surface area contributed by atoms with Crippen LogP contribution in [-0.2, 0) is 21.9 Å². The molecule has 0 unspecified atom stereocenters. The number of nitrogens with one attached hydrogen (secondary N) is 1. The third kappa shape index (κ3) is 4.84. The van der Waals surface area contributed by atoms with Crippen LogP contribution in [0.15, 0.2) is 17.3 Å². The molecule has 8 nitrogen and oxygen atoms in total. The lowest BCUT2D eigenvalue weighted by Gasteiger charge is -2.36. The molecule has 33 heavy (non-hydrogen) atoms. The van der Waals surface area contributed by atoms with Crippen molar-refractivity contribution in [2.24, 2.45) is 5.92 Å². The minimum absolute atomic E-state index is 0.0997. The van der Waals surface area contributed by atoms with Crippen LogP contribution >= 0.6 is 11.6 Å². The Labute approximate surface area is 200 Å². The van der Waals surface area contributed by atoms with E-state index in [1.807, 2.05) is 6.07 Å². The Kier molecular flexibility index (Phi) is 6.39. The number of carbonyl (C=O) groups is 1. The molecule has 10 heteroatoms. The standard InChI is InChI=1S/C23H30ClN5O3S/c1-14-7-10-29(11-8-14)20-17(12-16-6-5-9-23(3,4)18(16)27-20)21(30)28-33(31,32)22-19(24)26-15(2)13-25-22/h12-14H,5-11H2,1-4H3,(H,28,30). The number of rotatable bonds is 4. The van der Waals surface area contributed by atoms with Gasteiger partial charge in [0, 0.05) is 24.7 Å². The average molecular weight is 492 g/mol. The molecule has 2 aromatic heterocycles. The van der Waals surface area contributed by atoms with Gasteiger partial charge in [-0.3, -0.25) is 4.79 Å². The van der Waals surface area contributed by atoms with E-state index in [1.165, 1.54) is 6.20 Å². The van der Waals surface area contributed by atoms with Gasteiger partial charge in [0.1, 0.15) is 5.82 Å². The summed E-state index contributed by atoms with van der Waals surface area (Å²) in [6, 6.07) is 1.82. The highest BCUT2D eigenvalue weighted by Gasteiger charge is 2.34. The van der Waals surface area contributed by atoms with E-state index >= 15 is 0 Å². The average Bonchev–Trinajstić information content (AvgIpc) is 2.73. The molecule has 2 aliphatic rings. The van der Waals surface area contributed by atoms with Crippen molar-refractivity contribution in [3.63, 3.8) is 0 Å². The Balaban J connectivity index is 1.74. The first-order valence-electron chi connectivity index (χ1n) is 11.3. The molecule has 1 N–H and O–H groups in total. The number of nitrogens with zero attached hydrogens (tertiary/aromatic N) is 4. The summed E-state index contributed by atoms with van der Waals surface area (Å²) in [6.07, 6.45) is 6.12. The van der Waals surface area contributed by atoms with E-state index in [0.717, 1.165) is 56.5 Å². The molecule has 178 valence electrons. The van der Waals surface area contributed by atoms with Crippen LogP contribution in [0.4, 0.5) is 5.82 Å². The highest BCUT2D eigenvalue weighted by Crippen LogP contribution is 2.38. The van der Waals surface area contributed by atoms with Crippen molar-refractivity contribution in [2.75, 3.05) is 18.0 Å². The molecule has 4 rings (SSSR count). The fourth-order valence-electron chi connectivity index (χ4n) is 4.63. The minimum Gasteiger partial charge on any atom is -0.356 e. The zero-order chi connectivity index (χ0) is 24.0. The van der Waals surface area contributed by atoms with Crippen LogP contribution < -0.4 is 9.62 Å². The van der Waals surface area contributed by atoms with Crippen LogP contribution in [0.3, 0.4) is 0 Å². The molecular formula is C23H30ClN5O3S. The molecule has 3 heterocycles. The van der Waals surface area contributed by atoms with Gasteiger partial charge in [0.15, 0.2) is 5.15 Å². The Bertz CT molecular complexity index is 1190. The summed E-state index contributed by atoms with van der Waals surface area (Å²) in [4.78, 5) is 28.3. The number of aromatic nitrogens is 3. The topological polar surface area (TPSA) is 105 Å². The number of piperidine rings is 1. The zero-order valence-electron chi connectivity index (χ0n) is 19.5. The predicted molar refractivity (Wildman–Crippen MR) is 127 cm³/mol. The Morgan fingerprint density at radius 2 is 1.94 bits per heavy atom. The molecule has 0 bridgehead atoms. The van der Waals surface area contributed by atoms with Crippen molar-refractivity contribution in [1.82, 2.24) is 19.7 Å². The highest BCUT2D eigenvalue weighted by molar-refractivity contribution is 7.90. The van der Waals surface area contributed by atoms with Gasteiger partial charge in [0.25, 0.3) is 15.9 Å². The number of hydrogen-bond donors (Lipinski definition) is 1. The van der Waals surface area contributed by atoms with E-state index in [0.29, 0.717) is 17.4 Å². The monoisotopic (exact) mass is 491 g/mol. The van der Waals surface area contributed by atoms with E-state index in [4.69, 9.17) is 16.6 Å². The second-order valence-corrected chi connectivity index (χ2v) is 11.8. The summed E-state index contributed by atoms with van der Waals surface area (Å²) >= 11 is 6.01. The van der Waals surface area contributed by atoms with Gasteiger partial charge in [-0.15, -0.1) is 0 Å². The summed E-state index contributed by atoms with van der Waals surface area (Å²) in [6.45, 7) is 9.75. The lowest BCUT2D eigenvalue weighted by molar-refractivity contribution is 0.0981. The van der Waals surface area contributed by atoms with Gasteiger partial charge in [0.05, 0.1) is 17.0 Å². The molecule has 0 radical (unpaired) electrons. The third-order valence-corrected chi connectivity index (χ3v) is 8.24. The zero-order valence-corrected chi connectivity index (χ0v) is 21.1. The van der Waals surface area contributed by atoms with Crippen LogP contribution in [0.2, 0.25) is 5.15 Å². The number of hydrogen-bond acceptors (Lipinski definition) is 7. The number of halogens is 1. The molecule has 0 saturated carbocycles. The summed E-state index contributed by atoms with van der Waals surface area (Å²) in [7, 11) is -4.31. The molecule has 0 spiro atoms. The van der Waals surface area contributed by atoms with Crippen LogP contribution in [0.1, 0.15) is 73.8 Å². The highest BCUT2D eigenvalue weighted by atomic mass is 35.5. The van der Waals surface area contributed by atoms with Gasteiger partial charge in [-0.25, -0.2) is 19.7 Å². The summed E-state index contributed by atoms with van der Waals surface area (Å²) in [5.41, 5.74) is 2.64. The summed E-state index contributed by atoms with van der Waals surface area (Å²) in [5.74, 6) is 0.417. The Morgan fingerprint density at radius 3 is 2.61 bits per heavy atom. The van der Waals surface area contributed by atoms with Gasteiger partial charge in [-0.1, -0.05) is 32.4 Å². The van der Waals surface area contributed by atoms with E-state index in [2.05, 4.69) is 40.4 Å². The summed E-state index contributed by atoms with van der Waals surface area (Å²) in [5, 5.41) is -0.741. The van der Waals surface area contributed by atoms with Crippen LogP contribution in [-0.4, -0.2) is 42.4 Å². The SMILES string of the molecule is Cc1cnc(S(=O)(=O)NC(=O)c2cc3c(nc2N2CCC(C)CC2)C(C)(C)CCC3)c(Cl)n1. The fraction of sp³-hybridized carbons (Fsp3) is 0.565. The first-order chi connectivity index (χ1) is 15.5. The number of pyridine rings is 1. The maximum Gasteiger partial charge on any atom is 0.284 e.